The van der Waals surface area contributed by atoms with Gasteiger partial charge in [-0.3, -0.25) is 9.80 Å². The first-order valence-corrected chi connectivity index (χ1v) is 10.3. The normalized spacial score (nSPS) is 21.9. The van der Waals surface area contributed by atoms with Crippen molar-refractivity contribution in [2.75, 3.05) is 59.0 Å². The second-order valence-corrected chi connectivity index (χ2v) is 7.75. The van der Waals surface area contributed by atoms with Gasteiger partial charge < -0.3 is 19.9 Å². The highest BCUT2D eigenvalue weighted by atomic mass is 19.4. The van der Waals surface area contributed by atoms with Gasteiger partial charge >= 0.3 is 6.18 Å². The summed E-state index contributed by atoms with van der Waals surface area (Å²) in [6.07, 6.45) is -3.53. The molecule has 3 heterocycles. The van der Waals surface area contributed by atoms with E-state index in [0.717, 1.165) is 44.5 Å². The summed E-state index contributed by atoms with van der Waals surface area (Å²) in [5.41, 5.74) is 0. The van der Waals surface area contributed by atoms with Gasteiger partial charge in [0.05, 0.1) is 19.8 Å². The quantitative estimate of drug-likeness (QED) is 0.468. The van der Waals surface area contributed by atoms with Crippen LogP contribution in [0, 0.1) is 6.92 Å². The van der Waals surface area contributed by atoms with Crippen molar-refractivity contribution in [3.63, 3.8) is 0 Å². The largest absolute Gasteiger partial charge is 0.401 e. The summed E-state index contributed by atoms with van der Waals surface area (Å²) in [6.45, 7) is 6.89. The summed E-state index contributed by atoms with van der Waals surface area (Å²) in [4.78, 5) is 8.33. The molecule has 2 N–H and O–H groups in total. The van der Waals surface area contributed by atoms with E-state index in [4.69, 9.17) is 4.74 Å². The van der Waals surface area contributed by atoms with Gasteiger partial charge in [-0.1, -0.05) is 0 Å². The van der Waals surface area contributed by atoms with Crippen LogP contribution >= 0.6 is 0 Å². The average Bonchev–Trinajstić information content (AvgIpc) is 3.25. The van der Waals surface area contributed by atoms with Crippen LogP contribution in [0.3, 0.4) is 0 Å². The van der Waals surface area contributed by atoms with Crippen molar-refractivity contribution in [2.24, 2.45) is 12.0 Å². The number of likely N-dealkylation sites (tertiary alicyclic amines) is 1. The van der Waals surface area contributed by atoms with Crippen LogP contribution in [-0.2, 0) is 18.3 Å². The number of alkyl halides is 3. The van der Waals surface area contributed by atoms with E-state index < -0.39 is 12.7 Å². The Bertz CT molecular complexity index is 702. The Labute approximate surface area is 174 Å². The molecular weight excluding hydrogens is 401 g/mol. The van der Waals surface area contributed by atoms with Crippen LogP contribution in [0.5, 0.6) is 0 Å². The van der Waals surface area contributed by atoms with Gasteiger partial charge in [-0.05, 0) is 13.3 Å². The van der Waals surface area contributed by atoms with E-state index in [9.17, 15) is 13.2 Å². The number of nitrogens with one attached hydrogen (secondary N) is 2. The van der Waals surface area contributed by atoms with Gasteiger partial charge in [0, 0.05) is 52.4 Å². The van der Waals surface area contributed by atoms with Gasteiger partial charge in [-0.25, -0.2) is 4.99 Å². The summed E-state index contributed by atoms with van der Waals surface area (Å²) in [7, 11) is 1.88. The Kier molecular flexibility index (Phi) is 7.89. The van der Waals surface area contributed by atoms with E-state index >= 15 is 0 Å². The molecular formula is C18H31F3N8O. The number of aliphatic imine (C=N–C) groups is 1. The highest BCUT2D eigenvalue weighted by molar-refractivity contribution is 5.80. The lowest BCUT2D eigenvalue weighted by Gasteiger charge is -2.27. The number of aryl methyl sites for hydroxylation is 1. The minimum atomic E-state index is -4.18. The first kappa shape index (κ1) is 22.8. The lowest BCUT2D eigenvalue weighted by molar-refractivity contribution is -0.143. The van der Waals surface area contributed by atoms with E-state index in [-0.39, 0.29) is 6.04 Å². The van der Waals surface area contributed by atoms with Gasteiger partial charge in [0.1, 0.15) is 12.4 Å². The SMILES string of the molecule is Cc1nnc(CN=C(NCCN2CCOCC2)NC2CCN(CC(F)(F)F)C2)n1C. The Morgan fingerprint density at radius 2 is 1.97 bits per heavy atom. The summed E-state index contributed by atoms with van der Waals surface area (Å²) >= 11 is 0. The molecule has 2 fully saturated rings. The third kappa shape index (κ3) is 7.10. The number of ether oxygens (including phenoxy) is 1. The Balaban J connectivity index is 1.55. The smallest absolute Gasteiger partial charge is 0.379 e. The molecule has 0 bridgehead atoms. The van der Waals surface area contributed by atoms with E-state index in [0.29, 0.717) is 38.6 Å². The molecule has 0 radical (unpaired) electrons. The average molecular weight is 432 g/mol. The molecule has 1 aromatic rings. The van der Waals surface area contributed by atoms with E-state index in [2.05, 4.69) is 30.7 Å². The summed E-state index contributed by atoms with van der Waals surface area (Å²) in [5.74, 6) is 2.11. The fourth-order valence-corrected chi connectivity index (χ4v) is 3.59. The van der Waals surface area contributed by atoms with Crippen molar-refractivity contribution in [2.45, 2.75) is 32.1 Å². The number of guanidine groups is 1. The van der Waals surface area contributed by atoms with Crippen LogP contribution in [0.2, 0.25) is 0 Å². The van der Waals surface area contributed by atoms with Gasteiger partial charge in [-0.15, -0.1) is 10.2 Å². The molecule has 1 unspecified atom stereocenters. The molecule has 12 heteroatoms. The molecule has 30 heavy (non-hydrogen) atoms. The molecule has 0 spiro atoms. The van der Waals surface area contributed by atoms with Crippen molar-refractivity contribution in [1.29, 1.82) is 0 Å². The van der Waals surface area contributed by atoms with Gasteiger partial charge in [0.2, 0.25) is 0 Å². The first-order chi connectivity index (χ1) is 14.3. The highest BCUT2D eigenvalue weighted by Crippen LogP contribution is 2.19. The lowest BCUT2D eigenvalue weighted by atomic mass is 10.3. The van der Waals surface area contributed by atoms with E-state index in [1.165, 1.54) is 4.90 Å². The fourth-order valence-electron chi connectivity index (χ4n) is 3.59. The molecule has 2 saturated heterocycles. The monoisotopic (exact) mass is 432 g/mol. The van der Waals surface area contributed by atoms with Crippen LogP contribution in [0.15, 0.2) is 4.99 Å². The highest BCUT2D eigenvalue weighted by Gasteiger charge is 2.34. The zero-order valence-corrected chi connectivity index (χ0v) is 17.6. The van der Waals surface area contributed by atoms with Gasteiger partial charge in [-0.2, -0.15) is 13.2 Å². The van der Waals surface area contributed by atoms with Crippen molar-refractivity contribution < 1.29 is 17.9 Å². The molecule has 2 aliphatic heterocycles. The van der Waals surface area contributed by atoms with E-state index in [1.807, 2.05) is 18.5 Å². The molecule has 2 aliphatic rings. The maximum Gasteiger partial charge on any atom is 0.401 e. The summed E-state index contributed by atoms with van der Waals surface area (Å²) < 4.78 is 45.2. The van der Waals surface area contributed by atoms with Gasteiger partial charge in [0.15, 0.2) is 11.8 Å². The second kappa shape index (κ2) is 10.4. The molecule has 0 aliphatic carbocycles. The summed E-state index contributed by atoms with van der Waals surface area (Å²) in [6, 6.07) is -0.0804. The number of halogens is 3. The standard InChI is InChI=1S/C18H31F3N8O/c1-14-25-26-16(27(14)2)11-23-17(22-4-6-28-7-9-30-10-8-28)24-15-3-5-29(12-15)13-18(19,20)21/h15H,3-13H2,1-2H3,(H2,22,23,24). The predicted molar refractivity (Wildman–Crippen MR) is 106 cm³/mol. The Morgan fingerprint density at radius 1 is 1.20 bits per heavy atom. The van der Waals surface area contributed by atoms with Gasteiger partial charge in [0.25, 0.3) is 0 Å². The van der Waals surface area contributed by atoms with Crippen LogP contribution < -0.4 is 10.6 Å². The molecule has 1 atom stereocenters. The third-order valence-electron chi connectivity index (χ3n) is 5.40. The van der Waals surface area contributed by atoms with Crippen molar-refractivity contribution >= 4 is 5.96 Å². The molecule has 9 nitrogen and oxygen atoms in total. The lowest BCUT2D eigenvalue weighted by Crippen LogP contribution is -2.48. The van der Waals surface area contributed by atoms with Crippen molar-refractivity contribution in [3.05, 3.63) is 11.6 Å². The Hall–Kier alpha value is -1.92. The number of nitrogens with zero attached hydrogens (tertiary/aromatic N) is 6. The molecule has 0 amide bonds. The zero-order chi connectivity index (χ0) is 21.6. The molecule has 170 valence electrons. The third-order valence-corrected chi connectivity index (χ3v) is 5.40. The van der Waals surface area contributed by atoms with Crippen LogP contribution in [0.4, 0.5) is 13.2 Å². The Morgan fingerprint density at radius 3 is 2.63 bits per heavy atom. The first-order valence-electron chi connectivity index (χ1n) is 10.3. The van der Waals surface area contributed by atoms with Crippen LogP contribution in [0.1, 0.15) is 18.1 Å². The molecule has 0 aromatic carbocycles. The number of hydrogen-bond acceptors (Lipinski definition) is 6. The van der Waals surface area contributed by atoms with E-state index in [1.54, 1.807) is 0 Å². The number of hydrogen-bond donors (Lipinski definition) is 2. The number of morpholine rings is 1. The number of rotatable bonds is 7. The minimum Gasteiger partial charge on any atom is -0.379 e. The zero-order valence-electron chi connectivity index (χ0n) is 17.6. The van der Waals surface area contributed by atoms with Crippen molar-refractivity contribution in [3.8, 4) is 0 Å². The topological polar surface area (TPSA) is 82.8 Å². The number of aromatic nitrogens is 3. The predicted octanol–water partition coefficient (Wildman–Crippen LogP) is 0.128. The van der Waals surface area contributed by atoms with Crippen LogP contribution in [-0.4, -0.2) is 102 Å². The maximum atomic E-state index is 12.7. The molecule has 1 aromatic heterocycles. The maximum absolute atomic E-state index is 12.7. The van der Waals surface area contributed by atoms with Crippen molar-refractivity contribution in [1.82, 2.24) is 35.2 Å². The molecule has 3 rings (SSSR count). The fraction of sp³-hybridized carbons (Fsp3) is 0.833. The summed E-state index contributed by atoms with van der Waals surface area (Å²) in [5, 5.41) is 14.8. The van der Waals surface area contributed by atoms with Crippen LogP contribution in [0.25, 0.3) is 0 Å². The second-order valence-electron chi connectivity index (χ2n) is 7.75. The molecule has 0 saturated carbocycles. The minimum absolute atomic E-state index is 0.0804.